The lowest BCUT2D eigenvalue weighted by Gasteiger charge is -2.26. The molecule has 1 saturated heterocycles. The topological polar surface area (TPSA) is 128 Å². The van der Waals surface area contributed by atoms with Gasteiger partial charge in [0.05, 0.1) is 28.8 Å². The Labute approximate surface area is 187 Å². The molecule has 1 aliphatic heterocycles. The normalized spacial score (nSPS) is 15.0. The lowest BCUT2D eigenvalue weighted by atomic mass is 10.1. The first kappa shape index (κ1) is 22.8. The summed E-state index contributed by atoms with van der Waals surface area (Å²) in [5, 5.41) is 13.2. The Hall–Kier alpha value is -3.92. The Morgan fingerprint density at radius 1 is 1.09 bits per heavy atom. The van der Waals surface area contributed by atoms with E-state index in [1.807, 2.05) is 0 Å². The number of halogens is 1. The zero-order chi connectivity index (χ0) is 23.4. The van der Waals surface area contributed by atoms with Crippen molar-refractivity contribution in [2.45, 2.75) is 13.8 Å². The van der Waals surface area contributed by atoms with Crippen LogP contribution in [0.4, 0.5) is 16.2 Å². The Bertz CT molecular complexity index is 1130. The number of carbonyl (C=O) groups excluding carboxylic acids is 3. The van der Waals surface area contributed by atoms with Crippen molar-refractivity contribution in [3.63, 3.8) is 0 Å². The third kappa shape index (κ3) is 4.54. The van der Waals surface area contributed by atoms with Crippen LogP contribution in [0.2, 0.25) is 5.02 Å². The second kappa shape index (κ2) is 9.48. The molecule has 1 N–H and O–H groups in total. The van der Waals surface area contributed by atoms with Gasteiger partial charge < -0.3 is 9.47 Å². The van der Waals surface area contributed by atoms with Gasteiger partial charge in [-0.05, 0) is 49.8 Å². The summed E-state index contributed by atoms with van der Waals surface area (Å²) >= 11 is 6.29. The zero-order valence-electron chi connectivity index (χ0n) is 17.1. The predicted molar refractivity (Wildman–Crippen MR) is 116 cm³/mol. The van der Waals surface area contributed by atoms with Crippen LogP contribution in [0, 0.1) is 10.1 Å². The second-order valence-corrected chi connectivity index (χ2v) is 6.83. The number of barbiturate groups is 1. The van der Waals surface area contributed by atoms with Crippen LogP contribution in [0.25, 0.3) is 6.08 Å². The molecule has 0 atom stereocenters. The van der Waals surface area contributed by atoms with Gasteiger partial charge in [0, 0.05) is 12.1 Å². The van der Waals surface area contributed by atoms with Gasteiger partial charge >= 0.3 is 6.03 Å². The van der Waals surface area contributed by atoms with E-state index in [4.69, 9.17) is 21.1 Å². The molecule has 2 aromatic rings. The van der Waals surface area contributed by atoms with Crippen LogP contribution >= 0.6 is 11.6 Å². The molecular weight excluding hydrogens is 442 g/mol. The van der Waals surface area contributed by atoms with Crippen LogP contribution < -0.4 is 19.7 Å². The van der Waals surface area contributed by atoms with Gasteiger partial charge in [-0.25, -0.2) is 9.69 Å². The molecule has 166 valence electrons. The molecule has 0 bridgehead atoms. The van der Waals surface area contributed by atoms with Gasteiger partial charge in [-0.15, -0.1) is 0 Å². The molecule has 2 aromatic carbocycles. The van der Waals surface area contributed by atoms with Crippen molar-refractivity contribution in [3.05, 3.63) is 62.7 Å². The maximum atomic E-state index is 13.0. The number of hydrogen-bond acceptors (Lipinski definition) is 7. The first-order valence-electron chi connectivity index (χ1n) is 9.51. The van der Waals surface area contributed by atoms with E-state index in [1.54, 1.807) is 19.9 Å². The summed E-state index contributed by atoms with van der Waals surface area (Å²) in [5.74, 6) is -1.11. The van der Waals surface area contributed by atoms with E-state index in [9.17, 15) is 24.5 Å². The summed E-state index contributed by atoms with van der Waals surface area (Å²) in [6.07, 6.45) is 1.27. The number of nitro groups is 1. The average Bonchev–Trinajstić information content (AvgIpc) is 2.74. The van der Waals surface area contributed by atoms with Crippen molar-refractivity contribution in [1.29, 1.82) is 0 Å². The number of urea groups is 1. The number of nitrogens with zero attached hydrogens (tertiary/aromatic N) is 2. The number of hydrogen-bond donors (Lipinski definition) is 1. The Kier molecular flexibility index (Phi) is 6.74. The fourth-order valence-electron chi connectivity index (χ4n) is 3.00. The number of imide groups is 2. The van der Waals surface area contributed by atoms with Crippen molar-refractivity contribution >= 4 is 46.9 Å². The smallest absolute Gasteiger partial charge is 0.335 e. The summed E-state index contributed by atoms with van der Waals surface area (Å²) < 4.78 is 11.0. The highest BCUT2D eigenvalue weighted by Crippen LogP contribution is 2.37. The van der Waals surface area contributed by atoms with Gasteiger partial charge in [0.1, 0.15) is 5.57 Å². The van der Waals surface area contributed by atoms with Crippen molar-refractivity contribution in [2.24, 2.45) is 0 Å². The highest BCUT2D eigenvalue weighted by molar-refractivity contribution is 6.39. The Balaban J connectivity index is 2.01. The van der Waals surface area contributed by atoms with E-state index in [0.717, 1.165) is 17.0 Å². The molecule has 1 fully saturated rings. The highest BCUT2D eigenvalue weighted by Gasteiger charge is 2.37. The molecule has 4 amide bonds. The minimum Gasteiger partial charge on any atom is -0.490 e. The van der Waals surface area contributed by atoms with Crippen molar-refractivity contribution in [3.8, 4) is 11.5 Å². The largest absolute Gasteiger partial charge is 0.490 e. The number of nitro benzene ring substituents is 1. The van der Waals surface area contributed by atoms with Gasteiger partial charge in [-0.1, -0.05) is 11.6 Å². The number of nitrogens with one attached hydrogen (secondary N) is 1. The summed E-state index contributed by atoms with van der Waals surface area (Å²) in [6, 6.07) is 6.86. The van der Waals surface area contributed by atoms with Gasteiger partial charge in [0.2, 0.25) is 0 Å². The first-order valence-corrected chi connectivity index (χ1v) is 9.89. The number of amides is 4. The third-order valence-electron chi connectivity index (χ3n) is 4.35. The maximum absolute atomic E-state index is 13.0. The molecule has 0 spiro atoms. The molecule has 32 heavy (non-hydrogen) atoms. The summed E-state index contributed by atoms with van der Waals surface area (Å²) in [4.78, 5) is 48.6. The van der Waals surface area contributed by atoms with E-state index in [-0.39, 0.29) is 22.0 Å². The fraction of sp³-hybridized carbons (Fsp3) is 0.190. The van der Waals surface area contributed by atoms with Crippen molar-refractivity contribution in [2.75, 3.05) is 18.1 Å². The standard InChI is InChI=1S/C21H18ClN3O7/c1-3-31-17-11-12(10-16(22)18(17)32-4-2)9-15-19(26)23-21(28)24(20(15)27)13-5-7-14(8-6-13)25(29)30/h5-11H,3-4H2,1-2H3,(H,23,26,28)/b15-9+. The first-order chi connectivity index (χ1) is 15.3. The lowest BCUT2D eigenvalue weighted by Crippen LogP contribution is -2.54. The number of carbonyl (C=O) groups is 3. The molecular formula is C21H18ClN3O7. The molecule has 0 aliphatic carbocycles. The molecule has 10 nitrogen and oxygen atoms in total. The number of ether oxygens (including phenoxy) is 2. The fourth-order valence-corrected chi connectivity index (χ4v) is 3.27. The van der Waals surface area contributed by atoms with E-state index in [0.29, 0.717) is 30.3 Å². The van der Waals surface area contributed by atoms with Crippen LogP contribution in [0.15, 0.2) is 42.0 Å². The SMILES string of the molecule is CCOc1cc(/C=C2\C(=O)NC(=O)N(c3ccc([N+](=O)[O-])cc3)C2=O)cc(Cl)c1OCC. The number of non-ortho nitro benzene ring substituents is 1. The summed E-state index contributed by atoms with van der Waals surface area (Å²) in [6.45, 7) is 4.25. The Morgan fingerprint density at radius 2 is 1.75 bits per heavy atom. The van der Waals surface area contributed by atoms with Crippen LogP contribution in [-0.2, 0) is 9.59 Å². The second-order valence-electron chi connectivity index (χ2n) is 6.43. The van der Waals surface area contributed by atoms with Crippen molar-refractivity contribution in [1.82, 2.24) is 5.32 Å². The quantitative estimate of drug-likeness (QED) is 0.289. The highest BCUT2D eigenvalue weighted by atomic mass is 35.5. The monoisotopic (exact) mass is 459 g/mol. The van der Waals surface area contributed by atoms with E-state index in [2.05, 4.69) is 5.32 Å². The third-order valence-corrected chi connectivity index (χ3v) is 4.63. The van der Waals surface area contributed by atoms with E-state index < -0.39 is 22.8 Å². The van der Waals surface area contributed by atoms with Crippen LogP contribution in [-0.4, -0.2) is 36.0 Å². The molecule has 11 heteroatoms. The lowest BCUT2D eigenvalue weighted by molar-refractivity contribution is -0.384. The van der Waals surface area contributed by atoms with Gasteiger partial charge in [-0.2, -0.15) is 0 Å². The molecule has 3 rings (SSSR count). The van der Waals surface area contributed by atoms with Gasteiger partial charge in [-0.3, -0.25) is 25.0 Å². The molecule has 0 aromatic heterocycles. The summed E-state index contributed by atoms with van der Waals surface area (Å²) in [5.41, 5.74) is -0.0989. The van der Waals surface area contributed by atoms with Gasteiger partial charge in [0.15, 0.2) is 11.5 Å². The van der Waals surface area contributed by atoms with Crippen molar-refractivity contribution < 1.29 is 28.8 Å². The number of anilines is 1. The van der Waals surface area contributed by atoms with Crippen LogP contribution in [0.5, 0.6) is 11.5 Å². The minimum absolute atomic E-state index is 0.0660. The van der Waals surface area contributed by atoms with E-state index in [1.165, 1.54) is 24.3 Å². The molecule has 1 heterocycles. The predicted octanol–water partition coefficient (Wildman–Crippen LogP) is 3.71. The molecule has 1 aliphatic rings. The van der Waals surface area contributed by atoms with Gasteiger partial charge in [0.25, 0.3) is 17.5 Å². The van der Waals surface area contributed by atoms with Crippen LogP contribution in [0.1, 0.15) is 19.4 Å². The molecule has 0 radical (unpaired) electrons. The number of benzene rings is 2. The maximum Gasteiger partial charge on any atom is 0.335 e. The molecule has 0 unspecified atom stereocenters. The number of rotatable bonds is 7. The van der Waals surface area contributed by atoms with Crippen LogP contribution in [0.3, 0.4) is 0 Å². The van der Waals surface area contributed by atoms with E-state index >= 15 is 0 Å². The Morgan fingerprint density at radius 3 is 2.34 bits per heavy atom. The average molecular weight is 460 g/mol. The minimum atomic E-state index is -0.967. The summed E-state index contributed by atoms with van der Waals surface area (Å²) in [7, 11) is 0. The zero-order valence-corrected chi connectivity index (χ0v) is 17.8. The molecule has 0 saturated carbocycles.